The lowest BCUT2D eigenvalue weighted by molar-refractivity contribution is 0.0306. The van der Waals surface area contributed by atoms with Gasteiger partial charge in [-0.3, -0.25) is 0 Å². The van der Waals surface area contributed by atoms with Gasteiger partial charge in [0.15, 0.2) is 0 Å². The largest absolute Gasteiger partial charge is 0.389 e. The number of nitrogens with one attached hydrogen (secondary N) is 1. The molecule has 1 aromatic rings. The standard InChI is InChI=1S/C19H29ClN2O2/c1-24-13-18(23)12-22-10-8-17(9-11-22)21-19(14-2-3-14)15-4-6-16(20)7-5-15/h4-7,14,17-19,21,23H,2-3,8-13H2,1H3/t18-,19-/m1/s1. The van der Waals surface area contributed by atoms with Gasteiger partial charge >= 0.3 is 0 Å². The smallest absolute Gasteiger partial charge is 0.0900 e. The van der Waals surface area contributed by atoms with Crippen molar-refractivity contribution in [2.75, 3.05) is 33.4 Å². The maximum atomic E-state index is 9.87. The van der Waals surface area contributed by atoms with E-state index in [1.807, 2.05) is 12.1 Å². The second kappa shape index (κ2) is 8.63. The highest BCUT2D eigenvalue weighted by atomic mass is 35.5. The van der Waals surface area contributed by atoms with Gasteiger partial charge in [-0.25, -0.2) is 0 Å². The van der Waals surface area contributed by atoms with E-state index in [0.29, 0.717) is 25.2 Å². The van der Waals surface area contributed by atoms with Crippen molar-refractivity contribution in [1.82, 2.24) is 10.2 Å². The first-order valence-corrected chi connectivity index (χ1v) is 9.44. The van der Waals surface area contributed by atoms with Gasteiger partial charge in [-0.05, 0) is 62.4 Å². The summed E-state index contributed by atoms with van der Waals surface area (Å²) in [4.78, 5) is 2.34. The monoisotopic (exact) mass is 352 g/mol. The maximum absolute atomic E-state index is 9.87. The molecule has 1 aliphatic carbocycles. The van der Waals surface area contributed by atoms with Crippen molar-refractivity contribution in [2.45, 2.75) is 43.9 Å². The lowest BCUT2D eigenvalue weighted by Gasteiger charge is -2.35. The molecule has 4 nitrogen and oxygen atoms in total. The molecule has 0 radical (unpaired) electrons. The molecule has 2 aliphatic rings. The van der Waals surface area contributed by atoms with E-state index in [9.17, 15) is 5.11 Å². The van der Waals surface area contributed by atoms with Crippen LogP contribution in [-0.4, -0.2) is 55.5 Å². The van der Waals surface area contributed by atoms with Crippen LogP contribution in [0.3, 0.4) is 0 Å². The average molecular weight is 353 g/mol. The van der Waals surface area contributed by atoms with E-state index < -0.39 is 0 Å². The Labute approximate surface area is 150 Å². The molecule has 5 heteroatoms. The van der Waals surface area contributed by atoms with E-state index in [1.54, 1.807) is 7.11 Å². The summed E-state index contributed by atoms with van der Waals surface area (Å²) in [5.74, 6) is 0.771. The van der Waals surface area contributed by atoms with Gasteiger partial charge in [0.05, 0.1) is 12.7 Å². The Bertz CT molecular complexity index is 499. The third-order valence-electron chi connectivity index (χ3n) is 5.15. The molecule has 0 unspecified atom stereocenters. The molecule has 134 valence electrons. The topological polar surface area (TPSA) is 44.7 Å². The molecule has 0 amide bonds. The van der Waals surface area contributed by atoms with Gasteiger partial charge in [-0.2, -0.15) is 0 Å². The molecule has 3 rings (SSSR count). The van der Waals surface area contributed by atoms with Crippen molar-refractivity contribution in [2.24, 2.45) is 5.92 Å². The van der Waals surface area contributed by atoms with Crippen LogP contribution in [0, 0.1) is 5.92 Å². The Hall–Kier alpha value is -0.650. The fraction of sp³-hybridized carbons (Fsp3) is 0.684. The van der Waals surface area contributed by atoms with Gasteiger partial charge < -0.3 is 20.1 Å². The second-order valence-corrected chi connectivity index (χ2v) is 7.65. The van der Waals surface area contributed by atoms with Crippen LogP contribution in [0.2, 0.25) is 5.02 Å². The maximum Gasteiger partial charge on any atom is 0.0900 e. The van der Waals surface area contributed by atoms with Crippen LogP contribution in [-0.2, 0) is 4.74 Å². The number of halogens is 1. The van der Waals surface area contributed by atoms with Crippen molar-refractivity contribution >= 4 is 11.6 Å². The van der Waals surface area contributed by atoms with Gasteiger partial charge in [-0.15, -0.1) is 0 Å². The van der Waals surface area contributed by atoms with Crippen LogP contribution < -0.4 is 5.32 Å². The number of hydrogen-bond donors (Lipinski definition) is 2. The molecule has 2 fully saturated rings. The summed E-state index contributed by atoms with van der Waals surface area (Å²) in [6.45, 7) is 3.20. The Morgan fingerprint density at radius 2 is 1.88 bits per heavy atom. The predicted octanol–water partition coefficient (Wildman–Crippen LogP) is 2.85. The van der Waals surface area contributed by atoms with Crippen LogP contribution in [0.15, 0.2) is 24.3 Å². The number of β-amino-alcohol motifs (C(OH)–C–C–N with tert-alkyl or cyclic N) is 1. The minimum Gasteiger partial charge on any atom is -0.389 e. The third-order valence-corrected chi connectivity index (χ3v) is 5.41. The number of hydrogen-bond acceptors (Lipinski definition) is 4. The molecule has 0 bridgehead atoms. The quantitative estimate of drug-likeness (QED) is 0.755. The molecule has 1 aromatic carbocycles. The summed E-state index contributed by atoms with van der Waals surface area (Å²) in [5.41, 5.74) is 1.36. The first-order chi connectivity index (χ1) is 11.7. The molecule has 0 aromatic heterocycles. The van der Waals surface area contributed by atoms with E-state index in [0.717, 1.165) is 36.9 Å². The molecular formula is C19H29ClN2O2. The molecular weight excluding hydrogens is 324 g/mol. The van der Waals surface area contributed by atoms with Gasteiger partial charge in [0.1, 0.15) is 0 Å². The van der Waals surface area contributed by atoms with E-state index in [2.05, 4.69) is 22.3 Å². The molecule has 1 aliphatic heterocycles. The lowest BCUT2D eigenvalue weighted by atomic mass is 9.98. The number of rotatable bonds is 8. The van der Waals surface area contributed by atoms with Crippen LogP contribution in [0.4, 0.5) is 0 Å². The molecule has 0 spiro atoms. The zero-order valence-electron chi connectivity index (χ0n) is 14.5. The molecule has 1 saturated carbocycles. The van der Waals surface area contributed by atoms with Crippen LogP contribution in [0.1, 0.15) is 37.3 Å². The Balaban J connectivity index is 1.49. The van der Waals surface area contributed by atoms with Crippen molar-refractivity contribution in [1.29, 1.82) is 0 Å². The van der Waals surface area contributed by atoms with Crippen molar-refractivity contribution in [3.8, 4) is 0 Å². The van der Waals surface area contributed by atoms with Crippen LogP contribution in [0.5, 0.6) is 0 Å². The Morgan fingerprint density at radius 3 is 2.46 bits per heavy atom. The van der Waals surface area contributed by atoms with E-state index in [1.165, 1.54) is 18.4 Å². The number of aliphatic hydroxyl groups is 1. The molecule has 1 heterocycles. The summed E-state index contributed by atoms with van der Waals surface area (Å²) in [6, 6.07) is 9.32. The first-order valence-electron chi connectivity index (χ1n) is 9.06. The predicted molar refractivity (Wildman–Crippen MR) is 97.4 cm³/mol. The number of methoxy groups -OCH3 is 1. The zero-order chi connectivity index (χ0) is 16.9. The Morgan fingerprint density at radius 1 is 1.21 bits per heavy atom. The number of likely N-dealkylation sites (tertiary alicyclic amines) is 1. The number of aliphatic hydroxyl groups excluding tert-OH is 1. The molecule has 2 atom stereocenters. The van der Waals surface area contributed by atoms with E-state index >= 15 is 0 Å². The summed E-state index contributed by atoms with van der Waals surface area (Å²) in [6.07, 6.45) is 4.53. The minimum absolute atomic E-state index is 0.382. The first kappa shape index (κ1) is 18.2. The number of ether oxygens (including phenoxy) is 1. The van der Waals surface area contributed by atoms with Crippen molar-refractivity contribution in [3.63, 3.8) is 0 Å². The summed E-state index contributed by atoms with van der Waals surface area (Å²) in [7, 11) is 1.63. The zero-order valence-corrected chi connectivity index (χ0v) is 15.2. The lowest BCUT2D eigenvalue weighted by Crippen LogP contribution is -2.46. The number of benzene rings is 1. The second-order valence-electron chi connectivity index (χ2n) is 7.22. The van der Waals surface area contributed by atoms with Crippen LogP contribution in [0.25, 0.3) is 0 Å². The summed E-state index contributed by atoms with van der Waals surface area (Å²) in [5, 5.41) is 14.6. The third kappa shape index (κ3) is 5.17. The van der Waals surface area contributed by atoms with Crippen LogP contribution >= 0.6 is 11.6 Å². The average Bonchev–Trinajstić information content (AvgIpc) is 3.40. The minimum atomic E-state index is -0.382. The SMILES string of the molecule is COC[C@H](O)CN1CCC(N[C@@H](c2ccc(Cl)cc2)C2CC2)CC1. The molecule has 24 heavy (non-hydrogen) atoms. The highest BCUT2D eigenvalue weighted by molar-refractivity contribution is 6.30. The fourth-order valence-corrected chi connectivity index (χ4v) is 3.81. The van der Waals surface area contributed by atoms with E-state index in [-0.39, 0.29) is 6.10 Å². The highest BCUT2D eigenvalue weighted by Gasteiger charge is 2.34. The van der Waals surface area contributed by atoms with Gasteiger partial charge in [0.2, 0.25) is 0 Å². The van der Waals surface area contributed by atoms with Gasteiger partial charge in [0, 0.05) is 30.8 Å². The van der Waals surface area contributed by atoms with Crippen molar-refractivity contribution in [3.05, 3.63) is 34.9 Å². The normalized spacial score (nSPS) is 22.5. The number of piperidine rings is 1. The molecule has 2 N–H and O–H groups in total. The summed E-state index contributed by atoms with van der Waals surface area (Å²) >= 11 is 6.03. The van der Waals surface area contributed by atoms with Crippen molar-refractivity contribution < 1.29 is 9.84 Å². The van der Waals surface area contributed by atoms with E-state index in [4.69, 9.17) is 16.3 Å². The summed E-state index contributed by atoms with van der Waals surface area (Å²) < 4.78 is 5.01. The Kier molecular flexibility index (Phi) is 6.53. The van der Waals surface area contributed by atoms with Gasteiger partial charge in [-0.1, -0.05) is 23.7 Å². The highest BCUT2D eigenvalue weighted by Crippen LogP contribution is 2.41. The molecule has 1 saturated heterocycles. The van der Waals surface area contributed by atoms with Gasteiger partial charge in [0.25, 0.3) is 0 Å². The number of nitrogens with zero attached hydrogens (tertiary/aromatic N) is 1. The fourth-order valence-electron chi connectivity index (χ4n) is 3.68.